The number of carboxylic acids is 1. The Hall–Kier alpha value is -1.91. The van der Waals surface area contributed by atoms with E-state index < -0.39 is 5.97 Å². The summed E-state index contributed by atoms with van der Waals surface area (Å²) >= 11 is 0. The van der Waals surface area contributed by atoms with Gasteiger partial charge < -0.3 is 10.8 Å². The second-order valence-corrected chi connectivity index (χ2v) is 7.79. The number of aliphatic carboxylic acids is 1. The van der Waals surface area contributed by atoms with E-state index in [0.717, 1.165) is 25.0 Å². The zero-order valence-corrected chi connectivity index (χ0v) is 18.3. The summed E-state index contributed by atoms with van der Waals surface area (Å²) in [6.07, 6.45) is 23.7. The average Bonchev–Trinajstić information content (AvgIpc) is 2.68. The molecule has 0 unspecified atom stereocenters. The van der Waals surface area contributed by atoms with Gasteiger partial charge in [0.15, 0.2) is 5.78 Å². The molecule has 3 N–H and O–H groups in total. The van der Waals surface area contributed by atoms with Gasteiger partial charge in [-0.05, 0) is 18.6 Å². The third kappa shape index (κ3) is 19.2. The maximum absolute atomic E-state index is 10.5. The highest BCUT2D eigenvalue weighted by Gasteiger charge is 2.07. The number of hydrogen-bond donors (Lipinski definition) is 2. The Bertz CT molecular complexity index is 523. The molecule has 0 amide bonds. The van der Waals surface area contributed by atoms with Gasteiger partial charge in [-0.1, -0.05) is 96.8 Å². The van der Waals surface area contributed by atoms with Crippen molar-refractivity contribution in [3.63, 3.8) is 0 Å². The number of carboxylic acid groups (broad SMARTS) is 1. The quantitative estimate of drug-likeness (QED) is 0.246. The maximum atomic E-state index is 10.5. The lowest BCUT2D eigenvalue weighted by Crippen LogP contribution is -2.14. The van der Waals surface area contributed by atoms with Crippen molar-refractivity contribution in [1.82, 2.24) is 0 Å². The number of ketones is 2. The Balaban J connectivity index is 0.000000717. The summed E-state index contributed by atoms with van der Waals surface area (Å²) in [5, 5.41) is 8.52. The number of allylic oxidation sites excluding steroid dienone is 3. The van der Waals surface area contributed by atoms with Gasteiger partial charge in [0.1, 0.15) is 0 Å². The van der Waals surface area contributed by atoms with Gasteiger partial charge in [-0.2, -0.15) is 0 Å². The topological polar surface area (TPSA) is 97.5 Å². The monoisotopic (exact) mass is 407 g/mol. The number of unbranched alkanes of at least 4 members (excludes halogenated alkanes) is 14. The minimum Gasteiger partial charge on any atom is -0.481 e. The van der Waals surface area contributed by atoms with Crippen molar-refractivity contribution in [2.45, 2.75) is 110 Å². The molecular formula is C24H41NO4. The fraction of sp³-hybridized carbons (Fsp3) is 0.708. The smallest absolute Gasteiger partial charge is 0.303 e. The summed E-state index contributed by atoms with van der Waals surface area (Å²) in [5.74, 6) is -1.18. The third-order valence-electron chi connectivity index (χ3n) is 4.98. The summed E-state index contributed by atoms with van der Waals surface area (Å²) < 4.78 is 0. The summed E-state index contributed by atoms with van der Waals surface area (Å²) in [4.78, 5) is 31.3. The van der Waals surface area contributed by atoms with E-state index >= 15 is 0 Å². The van der Waals surface area contributed by atoms with Crippen LogP contribution in [0.3, 0.4) is 0 Å². The van der Waals surface area contributed by atoms with Gasteiger partial charge in [0.25, 0.3) is 0 Å². The Morgan fingerprint density at radius 2 is 1.17 bits per heavy atom. The lowest BCUT2D eigenvalue weighted by molar-refractivity contribution is -0.137. The van der Waals surface area contributed by atoms with E-state index in [1.54, 1.807) is 0 Å². The van der Waals surface area contributed by atoms with Crippen LogP contribution in [-0.4, -0.2) is 22.6 Å². The number of nitrogens with two attached hydrogens (primary N) is 1. The molecule has 0 saturated carbocycles. The van der Waals surface area contributed by atoms with Crippen molar-refractivity contribution < 1.29 is 19.5 Å². The summed E-state index contributed by atoms with van der Waals surface area (Å²) in [6, 6.07) is 0. The highest BCUT2D eigenvalue weighted by atomic mass is 16.4. The molecule has 5 heteroatoms. The normalized spacial score (nSPS) is 13.1. The number of hydrogen-bond acceptors (Lipinski definition) is 4. The van der Waals surface area contributed by atoms with E-state index in [9.17, 15) is 14.4 Å². The Morgan fingerprint density at radius 1 is 0.759 bits per heavy atom. The van der Waals surface area contributed by atoms with E-state index in [2.05, 4.69) is 6.92 Å². The van der Waals surface area contributed by atoms with E-state index in [0.29, 0.717) is 6.42 Å². The number of carbonyl (C=O) groups is 3. The molecule has 0 aliphatic heterocycles. The molecule has 1 rings (SSSR count). The molecule has 0 aromatic heterocycles. The first kappa shape index (κ1) is 27.1. The second kappa shape index (κ2) is 19.4. The van der Waals surface area contributed by atoms with E-state index in [1.807, 2.05) is 0 Å². The molecule has 0 spiro atoms. The first-order valence-electron chi connectivity index (χ1n) is 11.4. The van der Waals surface area contributed by atoms with Crippen LogP contribution in [0.5, 0.6) is 0 Å². The number of carbonyl (C=O) groups excluding carboxylic acids is 2. The van der Waals surface area contributed by atoms with Crippen LogP contribution >= 0.6 is 0 Å². The van der Waals surface area contributed by atoms with Crippen LogP contribution in [0.1, 0.15) is 110 Å². The molecular weight excluding hydrogens is 366 g/mol. The summed E-state index contributed by atoms with van der Waals surface area (Å²) in [7, 11) is 0. The molecule has 0 bridgehead atoms. The van der Waals surface area contributed by atoms with Crippen molar-refractivity contribution >= 4 is 17.5 Å². The van der Waals surface area contributed by atoms with Crippen molar-refractivity contribution in [2.75, 3.05) is 0 Å². The SMILES string of the molecule is CCCCCCCCCCCCCCCCCC(=O)O.NC1=CC(=O)C=CC1=O. The fourth-order valence-electron chi connectivity index (χ4n) is 3.17. The highest BCUT2D eigenvalue weighted by molar-refractivity contribution is 6.16. The minimum absolute atomic E-state index is 0.0162. The number of rotatable bonds is 16. The van der Waals surface area contributed by atoms with Crippen LogP contribution in [0.4, 0.5) is 0 Å². The fourth-order valence-corrected chi connectivity index (χ4v) is 3.17. The predicted octanol–water partition coefficient (Wildman–Crippen LogP) is 5.87. The average molecular weight is 408 g/mol. The molecule has 5 nitrogen and oxygen atoms in total. The van der Waals surface area contributed by atoms with Crippen molar-refractivity contribution in [2.24, 2.45) is 5.73 Å². The lowest BCUT2D eigenvalue weighted by Gasteiger charge is -2.03. The van der Waals surface area contributed by atoms with Crippen LogP contribution in [0.25, 0.3) is 0 Å². The van der Waals surface area contributed by atoms with Crippen molar-refractivity contribution in [3.05, 3.63) is 23.9 Å². The van der Waals surface area contributed by atoms with Crippen LogP contribution in [0.2, 0.25) is 0 Å². The van der Waals surface area contributed by atoms with Gasteiger partial charge in [-0.15, -0.1) is 0 Å². The second-order valence-electron chi connectivity index (χ2n) is 7.79. The van der Waals surface area contributed by atoms with Crippen molar-refractivity contribution in [1.29, 1.82) is 0 Å². The van der Waals surface area contributed by atoms with Crippen LogP contribution in [0, 0.1) is 0 Å². The first-order valence-corrected chi connectivity index (χ1v) is 11.4. The van der Waals surface area contributed by atoms with E-state index in [4.69, 9.17) is 10.8 Å². The standard InChI is InChI=1S/C18H36O2.C6H5NO2/c1-2-3-4-5-6-7-8-9-10-11-12-13-14-15-16-17-18(19)20;7-5-3-4(8)1-2-6(5)9/h2-17H2,1H3,(H,19,20);1-3H,7H2. The van der Waals surface area contributed by atoms with E-state index in [-0.39, 0.29) is 17.3 Å². The summed E-state index contributed by atoms with van der Waals surface area (Å²) in [5.41, 5.74) is 5.12. The maximum Gasteiger partial charge on any atom is 0.303 e. The Labute approximate surface area is 176 Å². The van der Waals surface area contributed by atoms with Gasteiger partial charge in [0.05, 0.1) is 5.70 Å². The molecule has 0 heterocycles. The molecule has 0 radical (unpaired) electrons. The zero-order chi connectivity index (χ0) is 21.7. The molecule has 0 aromatic carbocycles. The van der Waals surface area contributed by atoms with Gasteiger partial charge in [0, 0.05) is 12.5 Å². The predicted molar refractivity (Wildman–Crippen MR) is 119 cm³/mol. The van der Waals surface area contributed by atoms with Gasteiger partial charge in [0.2, 0.25) is 5.78 Å². The van der Waals surface area contributed by atoms with Gasteiger partial charge in [-0.3, -0.25) is 14.4 Å². The molecule has 0 aromatic rings. The third-order valence-corrected chi connectivity index (χ3v) is 4.98. The summed E-state index contributed by atoms with van der Waals surface area (Å²) in [6.45, 7) is 2.27. The molecule has 0 fully saturated rings. The Kier molecular flexibility index (Phi) is 18.1. The lowest BCUT2D eigenvalue weighted by atomic mass is 10.0. The molecule has 1 aliphatic carbocycles. The molecule has 1 aliphatic rings. The van der Waals surface area contributed by atoms with Crippen molar-refractivity contribution in [3.8, 4) is 0 Å². The van der Waals surface area contributed by atoms with E-state index in [1.165, 1.54) is 89.5 Å². The van der Waals surface area contributed by atoms with Gasteiger partial charge >= 0.3 is 5.97 Å². The highest BCUT2D eigenvalue weighted by Crippen LogP contribution is 2.13. The zero-order valence-electron chi connectivity index (χ0n) is 18.3. The van der Waals surface area contributed by atoms with Crippen LogP contribution in [0.15, 0.2) is 23.9 Å². The molecule has 29 heavy (non-hydrogen) atoms. The van der Waals surface area contributed by atoms with Crippen LogP contribution in [-0.2, 0) is 14.4 Å². The molecule has 0 saturated heterocycles. The first-order chi connectivity index (χ1) is 14.0. The Morgan fingerprint density at radius 3 is 1.52 bits per heavy atom. The van der Waals surface area contributed by atoms with Gasteiger partial charge in [-0.25, -0.2) is 0 Å². The molecule has 0 atom stereocenters. The van der Waals surface area contributed by atoms with Crippen LogP contribution < -0.4 is 5.73 Å². The largest absolute Gasteiger partial charge is 0.481 e. The minimum atomic E-state index is -0.653. The molecule has 166 valence electrons.